The van der Waals surface area contributed by atoms with Crippen LogP contribution in [-0.2, 0) is 4.74 Å². The van der Waals surface area contributed by atoms with Gasteiger partial charge in [-0.25, -0.2) is 6.61 Å². The second kappa shape index (κ2) is 8.13. The van der Waals surface area contributed by atoms with E-state index < -0.39 is 0 Å². The average molecular weight is 396 g/mol. The van der Waals surface area contributed by atoms with Crippen molar-refractivity contribution in [3.63, 3.8) is 0 Å². The zero-order valence-electron chi connectivity index (χ0n) is 11.7. The van der Waals surface area contributed by atoms with Crippen LogP contribution in [0.25, 0.3) is 0 Å². The van der Waals surface area contributed by atoms with Gasteiger partial charge in [-0.3, -0.25) is 0 Å². The van der Waals surface area contributed by atoms with E-state index in [0.717, 1.165) is 24.7 Å². The van der Waals surface area contributed by atoms with Crippen molar-refractivity contribution in [1.82, 2.24) is 0 Å². The van der Waals surface area contributed by atoms with Gasteiger partial charge in [-0.2, -0.15) is 0 Å². The Morgan fingerprint density at radius 3 is 2.95 bits per heavy atom. The summed E-state index contributed by atoms with van der Waals surface area (Å²) >= 11 is 1.79. The first-order chi connectivity index (χ1) is 8.79. The monoisotopic (exact) mass is 396 g/mol. The molecule has 2 nitrogen and oxygen atoms in total. The normalized spacial score (nSPS) is 25.9. The van der Waals surface area contributed by atoms with Crippen molar-refractivity contribution < 1.29 is 78.4 Å². The third-order valence-corrected chi connectivity index (χ3v) is 4.38. The second-order valence-corrected chi connectivity index (χ2v) is 6.49. The maximum atomic E-state index is 5.79. The molecule has 1 heterocycles. The average Bonchev–Trinajstić information content (AvgIpc) is 3.11. The molecule has 0 radical (unpaired) electrons. The van der Waals surface area contributed by atoms with Gasteiger partial charge in [0.1, 0.15) is 5.75 Å². The van der Waals surface area contributed by atoms with Crippen molar-refractivity contribution in [2.24, 2.45) is 11.8 Å². The Labute approximate surface area is 178 Å². The summed E-state index contributed by atoms with van der Waals surface area (Å²) in [7, 11) is 0. The Morgan fingerprint density at radius 2 is 2.26 bits per heavy atom. The third kappa shape index (κ3) is 5.58. The van der Waals surface area contributed by atoms with Crippen molar-refractivity contribution in [3.8, 4) is 5.75 Å². The molecule has 2 atom stereocenters. The quantitative estimate of drug-likeness (QED) is 0.696. The third-order valence-electron chi connectivity index (χ3n) is 3.28. The molecule has 0 N–H and O–H groups in total. The van der Waals surface area contributed by atoms with Crippen LogP contribution in [0.4, 0.5) is 0 Å². The molecule has 19 heavy (non-hydrogen) atoms. The summed E-state index contributed by atoms with van der Waals surface area (Å²) in [6.07, 6.45) is 3.76. The van der Waals surface area contributed by atoms with Gasteiger partial charge in [0.15, 0.2) is 0 Å². The van der Waals surface area contributed by atoms with Crippen LogP contribution in [0, 0.1) is 18.4 Å². The zero-order chi connectivity index (χ0) is 12.4. The molecule has 1 aliphatic carbocycles. The summed E-state index contributed by atoms with van der Waals surface area (Å²) in [6, 6.07) is 8.35. The Kier molecular flexibility index (Phi) is 7.17. The summed E-state index contributed by atoms with van der Waals surface area (Å²) in [5.74, 6) is 2.36. The molecule has 3 rings (SSSR count). The SMILES string of the molecule is C[C@H]1[CH-]OC(Sc2cccc(OCC3CC3)c2)C1.[Cs+]. The Hall–Kier alpha value is 1.38. The molecule has 0 aromatic heterocycles. The fourth-order valence-corrected chi connectivity index (χ4v) is 3.16. The van der Waals surface area contributed by atoms with Gasteiger partial charge in [0, 0.05) is 4.90 Å². The predicted molar refractivity (Wildman–Crippen MR) is 73.5 cm³/mol. The van der Waals surface area contributed by atoms with E-state index in [1.54, 1.807) is 11.8 Å². The van der Waals surface area contributed by atoms with Crippen LogP contribution >= 0.6 is 11.8 Å². The standard InChI is InChI=1S/C15H19O2S.Cs/c1-11-7-15(17-9-11)18-14-4-2-3-13(8-14)16-10-12-5-6-12;/h2-4,8-9,11-12,15H,5-7,10H2,1H3;/q-1;+1/t11-,15?;/m1./s1. The van der Waals surface area contributed by atoms with Crippen LogP contribution in [0.15, 0.2) is 29.2 Å². The number of thioether (sulfide) groups is 1. The van der Waals surface area contributed by atoms with Crippen LogP contribution in [0.2, 0.25) is 0 Å². The van der Waals surface area contributed by atoms with Crippen LogP contribution in [0.3, 0.4) is 0 Å². The molecule has 1 aromatic carbocycles. The summed E-state index contributed by atoms with van der Waals surface area (Å²) < 4.78 is 11.4. The van der Waals surface area contributed by atoms with Gasteiger partial charge in [0.25, 0.3) is 0 Å². The zero-order valence-corrected chi connectivity index (χ0v) is 18.8. The van der Waals surface area contributed by atoms with Crippen LogP contribution in [-0.4, -0.2) is 12.0 Å². The second-order valence-electron chi connectivity index (χ2n) is 5.26. The molecule has 0 bridgehead atoms. The maximum absolute atomic E-state index is 5.79. The molecule has 2 fully saturated rings. The molecule has 1 saturated carbocycles. The summed E-state index contributed by atoms with van der Waals surface area (Å²) in [5, 5.41) is 0. The number of rotatable bonds is 5. The van der Waals surface area contributed by atoms with Gasteiger partial charge in [-0.05, 0) is 43.4 Å². The van der Waals surface area contributed by atoms with Gasteiger partial charge >= 0.3 is 68.9 Å². The molecular weight excluding hydrogens is 377 g/mol. The van der Waals surface area contributed by atoms with Gasteiger partial charge in [0.05, 0.1) is 12.0 Å². The van der Waals surface area contributed by atoms with Crippen molar-refractivity contribution in [2.75, 3.05) is 6.61 Å². The molecule has 0 amide bonds. The molecular formula is C15H19CsO2S. The fraction of sp³-hybridized carbons (Fsp3) is 0.533. The van der Waals surface area contributed by atoms with Gasteiger partial charge in [0.2, 0.25) is 0 Å². The molecule has 1 aromatic rings. The molecule has 1 aliphatic heterocycles. The minimum atomic E-state index is 0. The van der Waals surface area contributed by atoms with Gasteiger partial charge in [-0.15, -0.1) is 5.92 Å². The fourth-order valence-electron chi connectivity index (χ4n) is 2.00. The first kappa shape index (κ1) is 16.7. The molecule has 98 valence electrons. The van der Waals surface area contributed by atoms with Crippen molar-refractivity contribution in [2.45, 2.75) is 36.5 Å². The molecule has 2 aliphatic rings. The van der Waals surface area contributed by atoms with Crippen LogP contribution in [0.5, 0.6) is 5.75 Å². The van der Waals surface area contributed by atoms with E-state index in [4.69, 9.17) is 9.47 Å². The van der Waals surface area contributed by atoms with E-state index in [0.29, 0.717) is 5.92 Å². The number of benzene rings is 1. The predicted octanol–water partition coefficient (Wildman–Crippen LogP) is 1.12. The van der Waals surface area contributed by atoms with Gasteiger partial charge < -0.3 is 9.47 Å². The van der Waals surface area contributed by atoms with Crippen LogP contribution < -0.4 is 73.6 Å². The number of hydrogen-bond donors (Lipinski definition) is 0. The van der Waals surface area contributed by atoms with E-state index in [1.165, 1.54) is 17.7 Å². The minimum absolute atomic E-state index is 0. The van der Waals surface area contributed by atoms with Gasteiger partial charge in [-0.1, -0.05) is 24.8 Å². The first-order valence-electron chi connectivity index (χ1n) is 6.68. The number of hydrogen-bond acceptors (Lipinski definition) is 3. The Balaban J connectivity index is 0.00000133. The van der Waals surface area contributed by atoms with E-state index in [9.17, 15) is 0 Å². The van der Waals surface area contributed by atoms with Crippen molar-refractivity contribution in [3.05, 3.63) is 30.9 Å². The van der Waals surface area contributed by atoms with E-state index in [-0.39, 0.29) is 74.3 Å². The summed E-state index contributed by atoms with van der Waals surface area (Å²) in [4.78, 5) is 1.23. The van der Waals surface area contributed by atoms with Crippen LogP contribution in [0.1, 0.15) is 26.2 Å². The smallest absolute Gasteiger partial charge is 0.542 e. The minimum Gasteiger partial charge on any atom is -0.542 e. The van der Waals surface area contributed by atoms with Crippen molar-refractivity contribution in [1.29, 1.82) is 0 Å². The summed E-state index contributed by atoms with van der Waals surface area (Å²) in [5.41, 5.74) is 0.263. The Morgan fingerprint density at radius 1 is 1.42 bits per heavy atom. The van der Waals surface area contributed by atoms with E-state index in [2.05, 4.69) is 25.1 Å². The first-order valence-corrected chi connectivity index (χ1v) is 7.56. The molecule has 0 spiro atoms. The van der Waals surface area contributed by atoms with E-state index in [1.807, 2.05) is 12.7 Å². The topological polar surface area (TPSA) is 18.5 Å². The summed E-state index contributed by atoms with van der Waals surface area (Å²) in [6.45, 7) is 5.01. The number of ether oxygens (including phenoxy) is 2. The maximum Gasteiger partial charge on any atom is 1.00 e. The molecule has 1 unspecified atom stereocenters. The largest absolute Gasteiger partial charge is 1.00 e. The molecule has 4 heteroatoms. The van der Waals surface area contributed by atoms with E-state index >= 15 is 0 Å². The van der Waals surface area contributed by atoms with Crippen molar-refractivity contribution >= 4 is 11.8 Å². The Bertz CT molecular complexity index is 409. The molecule has 1 saturated heterocycles.